The molecule has 0 bridgehead atoms. The molecule has 0 aliphatic carbocycles. The summed E-state index contributed by atoms with van der Waals surface area (Å²) in [5.74, 6) is 0.626. The molecule has 34 heavy (non-hydrogen) atoms. The van der Waals surface area contributed by atoms with Crippen LogP contribution in [0.4, 0.5) is 0 Å². The zero-order chi connectivity index (χ0) is 24.3. The first-order chi connectivity index (χ1) is 16.3. The lowest BCUT2D eigenvalue weighted by atomic mass is 9.99. The number of H-pyrrole nitrogens is 1. The number of fused-ring (bicyclic) bond motifs is 1. The number of hydrogen-bond donors (Lipinski definition) is 2. The average Bonchev–Trinajstić information content (AvgIpc) is 3.28. The van der Waals surface area contributed by atoms with Crippen molar-refractivity contribution in [3.63, 3.8) is 0 Å². The van der Waals surface area contributed by atoms with E-state index in [0.717, 1.165) is 17.5 Å². The van der Waals surface area contributed by atoms with Gasteiger partial charge in [-0.2, -0.15) is 9.57 Å². The molecule has 1 aliphatic heterocycles. The highest BCUT2D eigenvalue weighted by Gasteiger charge is 2.29. The fourth-order valence-electron chi connectivity index (χ4n) is 4.10. The van der Waals surface area contributed by atoms with E-state index in [9.17, 15) is 18.8 Å². The van der Waals surface area contributed by atoms with Crippen LogP contribution in [-0.4, -0.2) is 65.4 Å². The van der Waals surface area contributed by atoms with Gasteiger partial charge in [0.25, 0.3) is 0 Å². The first-order valence-corrected chi connectivity index (χ1v) is 12.9. The lowest BCUT2D eigenvalue weighted by Crippen LogP contribution is -2.49. The van der Waals surface area contributed by atoms with Gasteiger partial charge < -0.3 is 10.1 Å². The number of aromatic nitrogens is 2. The molecule has 1 aromatic heterocycles. The summed E-state index contributed by atoms with van der Waals surface area (Å²) in [6.45, 7) is 5.92. The Balaban J connectivity index is 1.42. The quantitative estimate of drug-likeness (QED) is 0.393. The third-order valence-electron chi connectivity index (χ3n) is 6.43. The minimum absolute atomic E-state index is 0.0847. The molecule has 1 unspecified atom stereocenters. The Bertz CT molecular complexity index is 1300. The van der Waals surface area contributed by atoms with Crippen LogP contribution in [0.5, 0.6) is 0 Å². The molecule has 1 aliphatic rings. The number of nitriles is 1. The van der Waals surface area contributed by atoms with E-state index in [1.54, 1.807) is 12.1 Å². The third kappa shape index (κ3) is 4.85. The van der Waals surface area contributed by atoms with Gasteiger partial charge in [-0.15, -0.1) is 0 Å². The molecule has 1 atom stereocenters. The number of nitrogens with zero attached hydrogens (tertiary/aromatic N) is 4. The lowest BCUT2D eigenvalue weighted by molar-refractivity contribution is 0.182. The second kappa shape index (κ2) is 9.97. The number of hydrogen-bond acceptors (Lipinski definition) is 6. The van der Waals surface area contributed by atoms with E-state index >= 15 is 0 Å². The van der Waals surface area contributed by atoms with Crippen molar-refractivity contribution in [2.75, 3.05) is 32.7 Å². The van der Waals surface area contributed by atoms with Gasteiger partial charge in [0.2, 0.25) is 10.0 Å². The third-order valence-corrected chi connectivity index (χ3v) is 8.34. The van der Waals surface area contributed by atoms with Crippen molar-refractivity contribution < 1.29 is 13.5 Å². The number of aliphatic hydroxyl groups excluding tert-OH is 1. The number of benzene rings is 2. The molecule has 9 heteroatoms. The summed E-state index contributed by atoms with van der Waals surface area (Å²) < 4.78 is 27.6. The van der Waals surface area contributed by atoms with E-state index in [2.05, 4.69) is 23.8 Å². The molecule has 8 nitrogen and oxygen atoms in total. The van der Waals surface area contributed by atoms with E-state index < -0.39 is 10.0 Å². The van der Waals surface area contributed by atoms with Gasteiger partial charge in [0.15, 0.2) is 5.82 Å². The van der Waals surface area contributed by atoms with Gasteiger partial charge in [-0.1, -0.05) is 38.1 Å². The van der Waals surface area contributed by atoms with E-state index in [1.807, 2.05) is 47.4 Å². The smallest absolute Gasteiger partial charge is 0.243 e. The summed E-state index contributed by atoms with van der Waals surface area (Å²) in [6.07, 6.45) is 0.999. The Morgan fingerprint density at radius 3 is 2.44 bits per heavy atom. The molecule has 1 saturated heterocycles. The molecule has 4 rings (SSSR count). The zero-order valence-electron chi connectivity index (χ0n) is 19.4. The van der Waals surface area contributed by atoms with Crippen LogP contribution in [0, 0.1) is 11.3 Å². The maximum absolute atomic E-state index is 13.1. The molecule has 1 fully saturated rings. The molecule has 3 aromatic rings. The fourth-order valence-corrected chi connectivity index (χ4v) is 5.52. The van der Waals surface area contributed by atoms with E-state index in [1.165, 1.54) is 4.31 Å². The highest BCUT2D eigenvalue weighted by Crippen LogP contribution is 2.24. The predicted molar refractivity (Wildman–Crippen MR) is 132 cm³/mol. The highest BCUT2D eigenvalue weighted by molar-refractivity contribution is 7.89. The number of sulfonamides is 1. The summed E-state index contributed by atoms with van der Waals surface area (Å²) >= 11 is 0. The van der Waals surface area contributed by atoms with Crippen LogP contribution in [0.3, 0.4) is 0 Å². The number of para-hydroxylation sites is 2. The van der Waals surface area contributed by atoms with Gasteiger partial charge >= 0.3 is 0 Å². The van der Waals surface area contributed by atoms with Crippen LogP contribution in [0.1, 0.15) is 37.6 Å². The van der Waals surface area contributed by atoms with Crippen LogP contribution in [-0.2, 0) is 10.0 Å². The molecule has 0 spiro atoms. The number of aromatic amines is 1. The Morgan fingerprint density at radius 1 is 1.15 bits per heavy atom. The van der Waals surface area contributed by atoms with E-state index in [-0.39, 0.29) is 17.9 Å². The van der Waals surface area contributed by atoms with E-state index in [0.29, 0.717) is 48.3 Å². The Morgan fingerprint density at radius 2 is 1.82 bits per heavy atom. The standard InChI is InChI=1S/C25H29N5O3S/c1-3-18(2)19-8-10-20(11-9-19)34(32,33)30-14-12-29(13-15-30)17-24(31)21(16-26)25-27-22-6-4-5-7-23(22)28-25/h4-11,18,31H,3,12-15,17H2,1-2H3,(H,27,28). The molecule has 2 N–H and O–H groups in total. The number of imidazole rings is 1. The van der Waals surface area contributed by atoms with Gasteiger partial charge in [0.05, 0.1) is 22.5 Å². The molecule has 0 radical (unpaired) electrons. The first kappa shape index (κ1) is 24.0. The minimum atomic E-state index is -3.58. The zero-order valence-corrected chi connectivity index (χ0v) is 20.2. The number of aliphatic hydroxyl groups is 1. The van der Waals surface area contributed by atoms with Crippen LogP contribution in [0.25, 0.3) is 16.6 Å². The SMILES string of the molecule is CCC(C)c1ccc(S(=O)(=O)N2CCN(CC(O)=C(C#N)c3nc4ccccc4[nH]3)CC2)cc1. The lowest BCUT2D eigenvalue weighted by Gasteiger charge is -2.33. The summed E-state index contributed by atoms with van der Waals surface area (Å²) in [5.41, 5.74) is 2.72. The Labute approximate surface area is 200 Å². The van der Waals surface area contributed by atoms with Crippen LogP contribution < -0.4 is 0 Å². The summed E-state index contributed by atoms with van der Waals surface area (Å²) in [5, 5.41) is 20.3. The molecule has 2 heterocycles. The van der Waals surface area contributed by atoms with Gasteiger partial charge in [-0.05, 0) is 42.2 Å². The van der Waals surface area contributed by atoms with Crippen molar-refractivity contribution in [1.29, 1.82) is 5.26 Å². The number of piperazine rings is 1. The topological polar surface area (TPSA) is 113 Å². The molecule has 0 saturated carbocycles. The second-order valence-electron chi connectivity index (χ2n) is 8.59. The molecule has 0 amide bonds. The Kier molecular flexibility index (Phi) is 7.03. The maximum atomic E-state index is 13.1. The molecule has 2 aromatic carbocycles. The normalized spacial score (nSPS) is 17.3. The van der Waals surface area contributed by atoms with Gasteiger partial charge in [-0.25, -0.2) is 13.4 Å². The monoisotopic (exact) mass is 479 g/mol. The number of nitrogens with one attached hydrogen (secondary N) is 1. The Hall–Kier alpha value is -3.19. The largest absolute Gasteiger partial charge is 0.509 e. The molecular formula is C25H29N5O3S. The minimum Gasteiger partial charge on any atom is -0.509 e. The maximum Gasteiger partial charge on any atom is 0.243 e. The highest BCUT2D eigenvalue weighted by atomic mass is 32.2. The summed E-state index contributed by atoms with van der Waals surface area (Å²) in [7, 11) is -3.58. The summed E-state index contributed by atoms with van der Waals surface area (Å²) in [6, 6.07) is 16.6. The van der Waals surface area contributed by atoms with Crippen LogP contribution >= 0.6 is 0 Å². The fraction of sp³-hybridized carbons (Fsp3) is 0.360. The van der Waals surface area contributed by atoms with Gasteiger partial charge in [-0.3, -0.25) is 4.90 Å². The number of allylic oxidation sites excluding steroid dienone is 1. The van der Waals surface area contributed by atoms with E-state index in [4.69, 9.17) is 0 Å². The van der Waals surface area contributed by atoms with Crippen LogP contribution in [0.15, 0.2) is 59.2 Å². The predicted octanol–water partition coefficient (Wildman–Crippen LogP) is 3.88. The van der Waals surface area contributed by atoms with Gasteiger partial charge in [0, 0.05) is 26.2 Å². The molecule has 178 valence electrons. The van der Waals surface area contributed by atoms with Gasteiger partial charge in [0.1, 0.15) is 17.4 Å². The van der Waals surface area contributed by atoms with Crippen molar-refractivity contribution in [3.05, 3.63) is 65.7 Å². The van der Waals surface area contributed by atoms with Crippen molar-refractivity contribution >= 4 is 26.6 Å². The molecular weight excluding hydrogens is 450 g/mol. The van der Waals surface area contributed by atoms with Crippen LogP contribution in [0.2, 0.25) is 0 Å². The van der Waals surface area contributed by atoms with Crippen molar-refractivity contribution in [2.24, 2.45) is 0 Å². The summed E-state index contributed by atoms with van der Waals surface area (Å²) in [4.78, 5) is 9.70. The number of rotatable bonds is 7. The van der Waals surface area contributed by atoms with Crippen molar-refractivity contribution in [2.45, 2.75) is 31.1 Å². The van der Waals surface area contributed by atoms with Crippen molar-refractivity contribution in [1.82, 2.24) is 19.2 Å². The second-order valence-corrected chi connectivity index (χ2v) is 10.5. The average molecular weight is 480 g/mol. The van der Waals surface area contributed by atoms with Crippen molar-refractivity contribution in [3.8, 4) is 6.07 Å². The first-order valence-electron chi connectivity index (χ1n) is 11.4.